The van der Waals surface area contributed by atoms with Crippen LogP contribution in [0.2, 0.25) is 0 Å². The Hall–Kier alpha value is -2.12. The van der Waals surface area contributed by atoms with Gasteiger partial charge in [0.1, 0.15) is 5.75 Å². The number of methoxy groups -OCH3 is 1. The van der Waals surface area contributed by atoms with E-state index in [1.54, 1.807) is 31.4 Å². The summed E-state index contributed by atoms with van der Waals surface area (Å²) < 4.78 is 10.5. The third-order valence-corrected chi connectivity index (χ3v) is 5.58. The summed E-state index contributed by atoms with van der Waals surface area (Å²) in [6.07, 6.45) is 3.55. The van der Waals surface area contributed by atoms with Crippen molar-refractivity contribution >= 4 is 11.8 Å². The van der Waals surface area contributed by atoms with Gasteiger partial charge < -0.3 is 20.1 Å². The second kappa shape index (κ2) is 10.4. The zero-order chi connectivity index (χ0) is 19.8. The zero-order valence-electron chi connectivity index (χ0n) is 16.6. The predicted octanol–water partition coefficient (Wildman–Crippen LogP) is 1.43. The standard InChI is InChI=1S/C21H31N3O4/c1-27-17-8-6-16(7-9-17)20(25)23-19-5-2-4-18(19)21(26)22-10-3-11-24-12-14-28-15-13-24/h6-9,18-19H,2-5,10-15H2,1H3,(H,22,26)(H,23,25)/t18-,19+/m0/s1. The van der Waals surface area contributed by atoms with Gasteiger partial charge in [-0.2, -0.15) is 0 Å². The molecule has 1 aromatic rings. The molecular formula is C21H31N3O4. The van der Waals surface area contributed by atoms with Gasteiger partial charge in [-0.3, -0.25) is 14.5 Å². The van der Waals surface area contributed by atoms with Crippen LogP contribution >= 0.6 is 0 Å². The Kier molecular flexibility index (Phi) is 7.68. The number of hydrogen-bond donors (Lipinski definition) is 2. The number of carbonyl (C=O) groups is 2. The fourth-order valence-corrected chi connectivity index (χ4v) is 3.91. The summed E-state index contributed by atoms with van der Waals surface area (Å²) in [4.78, 5) is 27.5. The van der Waals surface area contributed by atoms with Crippen LogP contribution in [0.3, 0.4) is 0 Å². The minimum atomic E-state index is -0.148. The van der Waals surface area contributed by atoms with Gasteiger partial charge in [0, 0.05) is 31.2 Å². The van der Waals surface area contributed by atoms with E-state index in [-0.39, 0.29) is 23.8 Å². The Balaban J connectivity index is 1.42. The summed E-state index contributed by atoms with van der Waals surface area (Å²) in [7, 11) is 1.60. The van der Waals surface area contributed by atoms with Crippen LogP contribution in [-0.2, 0) is 9.53 Å². The fraction of sp³-hybridized carbons (Fsp3) is 0.619. The molecular weight excluding hydrogens is 358 g/mol. The lowest BCUT2D eigenvalue weighted by molar-refractivity contribution is -0.125. The lowest BCUT2D eigenvalue weighted by atomic mass is 10.0. The first-order valence-electron chi connectivity index (χ1n) is 10.2. The molecule has 2 fully saturated rings. The van der Waals surface area contributed by atoms with Crippen molar-refractivity contribution in [2.45, 2.75) is 31.7 Å². The van der Waals surface area contributed by atoms with Crippen molar-refractivity contribution in [1.82, 2.24) is 15.5 Å². The van der Waals surface area contributed by atoms with Crippen LogP contribution in [0.25, 0.3) is 0 Å². The molecule has 2 atom stereocenters. The van der Waals surface area contributed by atoms with E-state index >= 15 is 0 Å². The first-order valence-corrected chi connectivity index (χ1v) is 10.2. The van der Waals surface area contributed by atoms with Gasteiger partial charge >= 0.3 is 0 Å². The van der Waals surface area contributed by atoms with Crippen LogP contribution in [0.5, 0.6) is 5.75 Å². The van der Waals surface area contributed by atoms with Crippen LogP contribution in [0.1, 0.15) is 36.0 Å². The molecule has 2 aliphatic rings. The van der Waals surface area contributed by atoms with E-state index in [1.807, 2.05) is 0 Å². The summed E-state index contributed by atoms with van der Waals surface area (Å²) in [5.41, 5.74) is 0.581. The molecule has 0 radical (unpaired) electrons. The summed E-state index contributed by atoms with van der Waals surface area (Å²) >= 11 is 0. The maximum absolute atomic E-state index is 12.6. The van der Waals surface area contributed by atoms with Crippen molar-refractivity contribution in [2.75, 3.05) is 46.5 Å². The van der Waals surface area contributed by atoms with E-state index in [9.17, 15) is 9.59 Å². The van der Waals surface area contributed by atoms with Crippen LogP contribution in [0.15, 0.2) is 24.3 Å². The molecule has 1 heterocycles. The first kappa shape index (κ1) is 20.6. The highest BCUT2D eigenvalue weighted by Crippen LogP contribution is 2.26. The molecule has 1 aliphatic heterocycles. The van der Waals surface area contributed by atoms with E-state index < -0.39 is 0 Å². The maximum Gasteiger partial charge on any atom is 0.251 e. The van der Waals surface area contributed by atoms with E-state index in [4.69, 9.17) is 9.47 Å². The van der Waals surface area contributed by atoms with Crippen molar-refractivity contribution in [3.05, 3.63) is 29.8 Å². The molecule has 0 spiro atoms. The lowest BCUT2D eigenvalue weighted by Crippen LogP contribution is -2.44. The number of hydrogen-bond acceptors (Lipinski definition) is 5. The third-order valence-electron chi connectivity index (χ3n) is 5.58. The highest BCUT2D eigenvalue weighted by atomic mass is 16.5. The summed E-state index contributed by atoms with van der Waals surface area (Å²) in [6.45, 7) is 5.18. The van der Waals surface area contributed by atoms with Crippen LogP contribution < -0.4 is 15.4 Å². The Morgan fingerprint density at radius 1 is 1.18 bits per heavy atom. The Bertz CT molecular complexity index is 644. The van der Waals surface area contributed by atoms with Gasteiger partial charge in [-0.05, 0) is 50.1 Å². The van der Waals surface area contributed by atoms with Gasteiger partial charge in [-0.1, -0.05) is 6.42 Å². The zero-order valence-corrected chi connectivity index (χ0v) is 16.6. The van der Waals surface area contributed by atoms with Gasteiger partial charge in [0.15, 0.2) is 0 Å². The second-order valence-electron chi connectivity index (χ2n) is 7.44. The van der Waals surface area contributed by atoms with Crippen molar-refractivity contribution in [3.63, 3.8) is 0 Å². The van der Waals surface area contributed by atoms with Gasteiger partial charge in [0.2, 0.25) is 5.91 Å². The monoisotopic (exact) mass is 389 g/mol. The molecule has 1 aliphatic carbocycles. The van der Waals surface area contributed by atoms with Crippen molar-refractivity contribution in [3.8, 4) is 5.75 Å². The number of nitrogens with one attached hydrogen (secondary N) is 2. The van der Waals surface area contributed by atoms with Gasteiger partial charge in [-0.15, -0.1) is 0 Å². The summed E-state index contributed by atoms with van der Waals surface area (Å²) in [6, 6.07) is 6.91. The minimum Gasteiger partial charge on any atom is -0.497 e. The molecule has 0 unspecified atom stereocenters. The van der Waals surface area contributed by atoms with Gasteiger partial charge in [-0.25, -0.2) is 0 Å². The minimum absolute atomic E-state index is 0.0551. The van der Waals surface area contributed by atoms with Crippen LogP contribution in [0.4, 0.5) is 0 Å². The number of ether oxygens (including phenoxy) is 2. The van der Waals surface area contributed by atoms with Crippen LogP contribution in [-0.4, -0.2) is 69.3 Å². The van der Waals surface area contributed by atoms with Crippen molar-refractivity contribution in [1.29, 1.82) is 0 Å². The Morgan fingerprint density at radius 2 is 1.93 bits per heavy atom. The predicted molar refractivity (Wildman–Crippen MR) is 106 cm³/mol. The summed E-state index contributed by atoms with van der Waals surface area (Å²) in [5.74, 6) is 0.483. The average molecular weight is 389 g/mol. The van der Waals surface area contributed by atoms with Crippen molar-refractivity contribution in [2.24, 2.45) is 5.92 Å². The topological polar surface area (TPSA) is 79.9 Å². The first-order chi connectivity index (χ1) is 13.7. The number of morpholine rings is 1. The van der Waals surface area contributed by atoms with E-state index in [0.29, 0.717) is 17.9 Å². The third kappa shape index (κ3) is 5.69. The van der Waals surface area contributed by atoms with E-state index in [0.717, 1.165) is 58.5 Å². The van der Waals surface area contributed by atoms with Crippen LogP contribution in [0, 0.1) is 5.92 Å². The Labute approximate surface area is 166 Å². The molecule has 0 aromatic heterocycles. The van der Waals surface area contributed by atoms with E-state index in [2.05, 4.69) is 15.5 Å². The molecule has 1 saturated heterocycles. The maximum atomic E-state index is 12.6. The molecule has 2 N–H and O–H groups in total. The highest BCUT2D eigenvalue weighted by molar-refractivity contribution is 5.95. The number of amides is 2. The molecule has 28 heavy (non-hydrogen) atoms. The number of nitrogens with zero attached hydrogens (tertiary/aromatic N) is 1. The molecule has 0 bridgehead atoms. The normalized spacial score (nSPS) is 22.6. The molecule has 3 rings (SSSR count). The molecule has 1 aromatic carbocycles. The largest absolute Gasteiger partial charge is 0.497 e. The smallest absolute Gasteiger partial charge is 0.251 e. The number of rotatable bonds is 8. The van der Waals surface area contributed by atoms with Gasteiger partial charge in [0.25, 0.3) is 5.91 Å². The average Bonchev–Trinajstić information content (AvgIpc) is 3.20. The molecule has 7 heteroatoms. The lowest BCUT2D eigenvalue weighted by Gasteiger charge is -2.26. The van der Waals surface area contributed by atoms with Crippen molar-refractivity contribution < 1.29 is 19.1 Å². The van der Waals surface area contributed by atoms with Gasteiger partial charge in [0.05, 0.1) is 26.2 Å². The molecule has 1 saturated carbocycles. The number of carbonyl (C=O) groups excluding carboxylic acids is 2. The SMILES string of the molecule is COc1ccc(C(=O)N[C@@H]2CCC[C@@H]2C(=O)NCCCN2CCOCC2)cc1. The highest BCUT2D eigenvalue weighted by Gasteiger charge is 2.34. The molecule has 7 nitrogen and oxygen atoms in total. The molecule has 2 amide bonds. The van der Waals surface area contributed by atoms with E-state index in [1.165, 1.54) is 0 Å². The Morgan fingerprint density at radius 3 is 2.64 bits per heavy atom. The molecule has 154 valence electrons. The number of benzene rings is 1. The second-order valence-corrected chi connectivity index (χ2v) is 7.44. The summed E-state index contributed by atoms with van der Waals surface area (Å²) in [5, 5.41) is 6.10. The fourth-order valence-electron chi connectivity index (χ4n) is 3.91. The quantitative estimate of drug-likeness (QED) is 0.658.